The maximum atomic E-state index is 5.42. The first-order chi connectivity index (χ1) is 7.81. The standard InChI is InChI=1S/C13H22N2O/c1-11(9-13-6-4-8-16-13)15-7-3-5-12(15)10-14-2/h4,6,8,11-12,14H,3,5,7,9-10H2,1-2H3. The normalized spacial score (nSPS) is 23.8. The molecule has 0 radical (unpaired) electrons. The predicted molar refractivity (Wildman–Crippen MR) is 65.5 cm³/mol. The topological polar surface area (TPSA) is 28.4 Å². The third-order valence-corrected chi connectivity index (χ3v) is 3.51. The number of rotatable bonds is 5. The third-order valence-electron chi connectivity index (χ3n) is 3.51. The molecule has 1 saturated heterocycles. The number of nitrogens with one attached hydrogen (secondary N) is 1. The van der Waals surface area contributed by atoms with Crippen molar-refractivity contribution in [2.24, 2.45) is 0 Å². The monoisotopic (exact) mass is 222 g/mol. The number of furan rings is 1. The van der Waals surface area contributed by atoms with Crippen LogP contribution in [-0.4, -0.2) is 37.1 Å². The summed E-state index contributed by atoms with van der Waals surface area (Å²) in [7, 11) is 2.04. The average molecular weight is 222 g/mol. The fourth-order valence-corrected chi connectivity index (χ4v) is 2.73. The second-order valence-electron chi connectivity index (χ2n) is 4.72. The summed E-state index contributed by atoms with van der Waals surface area (Å²) in [5.41, 5.74) is 0. The van der Waals surface area contributed by atoms with Gasteiger partial charge in [0.05, 0.1) is 6.26 Å². The van der Waals surface area contributed by atoms with Crippen molar-refractivity contribution in [1.82, 2.24) is 10.2 Å². The molecule has 3 heteroatoms. The van der Waals surface area contributed by atoms with E-state index in [1.54, 1.807) is 6.26 Å². The Labute approximate surface area is 97.8 Å². The summed E-state index contributed by atoms with van der Waals surface area (Å²) in [6, 6.07) is 5.32. The van der Waals surface area contributed by atoms with Gasteiger partial charge in [0.25, 0.3) is 0 Å². The van der Waals surface area contributed by atoms with E-state index in [1.165, 1.54) is 19.4 Å². The van der Waals surface area contributed by atoms with Crippen LogP contribution >= 0.6 is 0 Å². The summed E-state index contributed by atoms with van der Waals surface area (Å²) in [6.07, 6.45) is 5.43. The van der Waals surface area contributed by atoms with Crippen LogP contribution in [0.25, 0.3) is 0 Å². The minimum absolute atomic E-state index is 0.576. The van der Waals surface area contributed by atoms with Crippen LogP contribution in [0.2, 0.25) is 0 Å². The molecule has 0 spiro atoms. The molecule has 1 aliphatic heterocycles. The smallest absolute Gasteiger partial charge is 0.105 e. The maximum Gasteiger partial charge on any atom is 0.105 e. The molecule has 90 valence electrons. The zero-order valence-corrected chi connectivity index (χ0v) is 10.3. The van der Waals surface area contributed by atoms with Crippen molar-refractivity contribution in [2.75, 3.05) is 20.1 Å². The van der Waals surface area contributed by atoms with E-state index in [2.05, 4.69) is 23.2 Å². The lowest BCUT2D eigenvalue weighted by Gasteiger charge is -2.30. The largest absolute Gasteiger partial charge is 0.469 e. The van der Waals surface area contributed by atoms with Gasteiger partial charge in [-0.3, -0.25) is 4.90 Å². The van der Waals surface area contributed by atoms with E-state index >= 15 is 0 Å². The van der Waals surface area contributed by atoms with Gasteiger partial charge in [-0.2, -0.15) is 0 Å². The highest BCUT2D eigenvalue weighted by Gasteiger charge is 2.28. The number of hydrogen-bond donors (Lipinski definition) is 1. The van der Waals surface area contributed by atoms with Crippen molar-refractivity contribution in [3.63, 3.8) is 0 Å². The van der Waals surface area contributed by atoms with E-state index in [-0.39, 0.29) is 0 Å². The summed E-state index contributed by atoms with van der Waals surface area (Å²) < 4.78 is 5.42. The number of nitrogens with zero attached hydrogens (tertiary/aromatic N) is 1. The first-order valence-corrected chi connectivity index (χ1v) is 6.24. The van der Waals surface area contributed by atoms with Gasteiger partial charge < -0.3 is 9.73 Å². The summed E-state index contributed by atoms with van der Waals surface area (Å²) in [5, 5.41) is 3.29. The molecule has 1 aliphatic rings. The quantitative estimate of drug-likeness (QED) is 0.824. The van der Waals surface area contributed by atoms with Gasteiger partial charge in [0.1, 0.15) is 5.76 Å². The van der Waals surface area contributed by atoms with E-state index in [0.717, 1.165) is 18.7 Å². The fourth-order valence-electron chi connectivity index (χ4n) is 2.73. The van der Waals surface area contributed by atoms with E-state index in [0.29, 0.717) is 12.1 Å². The van der Waals surface area contributed by atoms with Gasteiger partial charge >= 0.3 is 0 Å². The Morgan fingerprint density at radius 1 is 1.62 bits per heavy atom. The van der Waals surface area contributed by atoms with Crippen LogP contribution in [0.1, 0.15) is 25.5 Å². The van der Waals surface area contributed by atoms with Crippen LogP contribution in [0.15, 0.2) is 22.8 Å². The Morgan fingerprint density at radius 3 is 3.19 bits per heavy atom. The molecule has 0 saturated carbocycles. The molecule has 1 fully saturated rings. The van der Waals surface area contributed by atoms with Gasteiger partial charge in [-0.1, -0.05) is 0 Å². The molecule has 2 rings (SSSR count). The fraction of sp³-hybridized carbons (Fsp3) is 0.692. The number of hydrogen-bond acceptors (Lipinski definition) is 3. The van der Waals surface area contributed by atoms with Crippen LogP contribution in [0.5, 0.6) is 0 Å². The molecule has 2 heterocycles. The van der Waals surface area contributed by atoms with Crippen molar-refractivity contribution in [1.29, 1.82) is 0 Å². The maximum absolute atomic E-state index is 5.42. The average Bonchev–Trinajstić information content (AvgIpc) is 2.89. The molecular formula is C13H22N2O. The molecule has 2 atom stereocenters. The molecule has 16 heavy (non-hydrogen) atoms. The zero-order valence-electron chi connectivity index (χ0n) is 10.3. The lowest BCUT2D eigenvalue weighted by Crippen LogP contribution is -2.43. The van der Waals surface area contributed by atoms with Gasteiger partial charge in [0.2, 0.25) is 0 Å². The van der Waals surface area contributed by atoms with Gasteiger partial charge in [-0.25, -0.2) is 0 Å². The molecule has 2 unspecified atom stereocenters. The molecule has 1 aromatic rings. The first kappa shape index (κ1) is 11.7. The van der Waals surface area contributed by atoms with Gasteiger partial charge in [0, 0.05) is 25.0 Å². The molecule has 0 aliphatic carbocycles. The van der Waals surface area contributed by atoms with Crippen LogP contribution in [0.4, 0.5) is 0 Å². The highest BCUT2D eigenvalue weighted by molar-refractivity contribution is 5.01. The molecule has 1 aromatic heterocycles. The Hall–Kier alpha value is -0.800. The predicted octanol–water partition coefficient (Wildman–Crippen LogP) is 1.89. The minimum Gasteiger partial charge on any atom is -0.469 e. The SMILES string of the molecule is CNCC1CCCN1C(C)Cc1ccco1. The molecular weight excluding hydrogens is 200 g/mol. The van der Waals surface area contributed by atoms with Crippen LogP contribution < -0.4 is 5.32 Å². The second kappa shape index (κ2) is 5.51. The summed E-state index contributed by atoms with van der Waals surface area (Å²) in [4.78, 5) is 2.61. The zero-order chi connectivity index (χ0) is 11.4. The Kier molecular flexibility index (Phi) is 4.02. The molecule has 0 aromatic carbocycles. The van der Waals surface area contributed by atoms with Crippen molar-refractivity contribution in [3.05, 3.63) is 24.2 Å². The van der Waals surface area contributed by atoms with Crippen LogP contribution in [0, 0.1) is 0 Å². The van der Waals surface area contributed by atoms with E-state index in [1.807, 2.05) is 13.1 Å². The van der Waals surface area contributed by atoms with Gasteiger partial charge in [-0.15, -0.1) is 0 Å². The van der Waals surface area contributed by atoms with Crippen molar-refractivity contribution >= 4 is 0 Å². The molecule has 0 bridgehead atoms. The lowest BCUT2D eigenvalue weighted by atomic mass is 10.1. The summed E-state index contributed by atoms with van der Waals surface area (Å²) in [6.45, 7) is 4.63. The van der Waals surface area contributed by atoms with E-state index in [4.69, 9.17) is 4.42 Å². The van der Waals surface area contributed by atoms with E-state index < -0.39 is 0 Å². The van der Waals surface area contributed by atoms with Crippen molar-refractivity contribution < 1.29 is 4.42 Å². The summed E-state index contributed by atoms with van der Waals surface area (Å²) in [5.74, 6) is 1.10. The first-order valence-electron chi connectivity index (χ1n) is 6.24. The Bertz CT molecular complexity index is 297. The Balaban J connectivity index is 1.90. The van der Waals surface area contributed by atoms with Crippen LogP contribution in [0.3, 0.4) is 0 Å². The minimum atomic E-state index is 0.576. The second-order valence-corrected chi connectivity index (χ2v) is 4.72. The van der Waals surface area contributed by atoms with Crippen molar-refractivity contribution in [3.8, 4) is 0 Å². The molecule has 3 nitrogen and oxygen atoms in total. The lowest BCUT2D eigenvalue weighted by molar-refractivity contribution is 0.183. The highest BCUT2D eigenvalue weighted by Crippen LogP contribution is 2.21. The van der Waals surface area contributed by atoms with Gasteiger partial charge in [-0.05, 0) is 45.5 Å². The Morgan fingerprint density at radius 2 is 2.50 bits per heavy atom. The molecule has 1 N–H and O–H groups in total. The van der Waals surface area contributed by atoms with Gasteiger partial charge in [0.15, 0.2) is 0 Å². The summed E-state index contributed by atoms with van der Waals surface area (Å²) >= 11 is 0. The highest BCUT2D eigenvalue weighted by atomic mass is 16.3. The van der Waals surface area contributed by atoms with Crippen molar-refractivity contribution in [2.45, 2.75) is 38.3 Å². The third kappa shape index (κ3) is 2.66. The van der Waals surface area contributed by atoms with Crippen LogP contribution in [-0.2, 0) is 6.42 Å². The number of likely N-dealkylation sites (N-methyl/N-ethyl adjacent to an activating group) is 1. The van der Waals surface area contributed by atoms with E-state index in [9.17, 15) is 0 Å². The number of likely N-dealkylation sites (tertiary alicyclic amines) is 1. The molecule has 0 amide bonds.